The normalized spacial score (nSPS) is 15.8. The van der Waals surface area contributed by atoms with E-state index in [0.717, 1.165) is 9.18 Å². The Hall–Kier alpha value is -2.52. The number of rotatable bonds is 3. The van der Waals surface area contributed by atoms with Crippen LogP contribution >= 0.6 is 11.3 Å². The number of hydrogen-bond donors (Lipinski definition) is 1. The molecule has 0 saturated heterocycles. The highest BCUT2D eigenvalue weighted by molar-refractivity contribution is 7.89. The molecule has 0 atom stereocenters. The maximum absolute atomic E-state index is 12.6. The van der Waals surface area contributed by atoms with Crippen molar-refractivity contribution in [3.63, 3.8) is 0 Å². The summed E-state index contributed by atoms with van der Waals surface area (Å²) >= 11 is 1.25. The van der Waals surface area contributed by atoms with Crippen molar-refractivity contribution < 1.29 is 18.0 Å². The van der Waals surface area contributed by atoms with Crippen LogP contribution in [0.25, 0.3) is 5.57 Å². The molecule has 1 aliphatic heterocycles. The predicted octanol–water partition coefficient (Wildman–Crippen LogP) is 1.63. The van der Waals surface area contributed by atoms with Crippen LogP contribution in [0.5, 0.6) is 0 Å². The standard InChI is InChI=1S/C15H13N3O4S2/c1-9-7-16-15(23-9)17-14(20)13-11(8-19)10-5-3-4-6-12(10)24(21,22)18(13)2/h3-8H,1-2H3,(H,16,17,20). The Morgan fingerprint density at radius 1 is 1.33 bits per heavy atom. The number of hydrogen-bond acceptors (Lipinski definition) is 6. The largest absolute Gasteiger partial charge is 0.298 e. The molecule has 1 aliphatic rings. The minimum Gasteiger partial charge on any atom is -0.298 e. The van der Waals surface area contributed by atoms with Gasteiger partial charge in [-0.15, -0.1) is 11.3 Å². The minimum absolute atomic E-state index is 0.00348. The molecule has 0 bridgehead atoms. The van der Waals surface area contributed by atoms with Crippen molar-refractivity contribution in [2.24, 2.45) is 0 Å². The molecule has 0 radical (unpaired) electrons. The van der Waals surface area contributed by atoms with Crippen LogP contribution in [0.3, 0.4) is 0 Å². The van der Waals surface area contributed by atoms with E-state index in [9.17, 15) is 18.0 Å². The van der Waals surface area contributed by atoms with Crippen molar-refractivity contribution >= 4 is 44.3 Å². The second-order valence-electron chi connectivity index (χ2n) is 5.08. The van der Waals surface area contributed by atoms with Gasteiger partial charge in [0.2, 0.25) is 0 Å². The van der Waals surface area contributed by atoms with Crippen molar-refractivity contribution in [1.82, 2.24) is 9.29 Å². The Morgan fingerprint density at radius 3 is 2.67 bits per heavy atom. The highest BCUT2D eigenvalue weighted by Gasteiger charge is 2.37. The number of nitrogens with one attached hydrogen (secondary N) is 1. The molecule has 1 N–H and O–H groups in total. The molecule has 0 unspecified atom stereocenters. The van der Waals surface area contributed by atoms with Gasteiger partial charge in [0, 0.05) is 23.7 Å². The number of anilines is 1. The van der Waals surface area contributed by atoms with Crippen molar-refractivity contribution in [2.75, 3.05) is 12.4 Å². The summed E-state index contributed by atoms with van der Waals surface area (Å²) < 4.78 is 26.1. The van der Waals surface area contributed by atoms with E-state index in [4.69, 9.17) is 0 Å². The molecular weight excluding hydrogens is 350 g/mol. The molecule has 1 aromatic carbocycles. The second-order valence-corrected chi connectivity index (χ2v) is 8.25. The Kier molecular flexibility index (Phi) is 3.98. The smallest absolute Gasteiger partial charge is 0.275 e. The maximum atomic E-state index is 12.6. The third-order valence-corrected chi connectivity index (χ3v) is 6.20. The van der Waals surface area contributed by atoms with Crippen molar-refractivity contribution in [3.05, 3.63) is 46.6 Å². The third kappa shape index (κ3) is 2.51. The van der Waals surface area contributed by atoms with Crippen molar-refractivity contribution in [3.8, 4) is 0 Å². The van der Waals surface area contributed by atoms with E-state index in [2.05, 4.69) is 10.3 Å². The second kappa shape index (κ2) is 5.84. The molecule has 3 rings (SSSR count). The first-order chi connectivity index (χ1) is 11.4. The number of carbonyl (C=O) groups excluding carboxylic acids is 2. The summed E-state index contributed by atoms with van der Waals surface area (Å²) in [6.45, 7) is 1.83. The van der Waals surface area contributed by atoms with Crippen LogP contribution in [0.2, 0.25) is 0 Å². The SMILES string of the molecule is Cc1cnc(NC(=O)C2=C(C=O)c3ccccc3S(=O)(=O)N2C)s1. The third-order valence-electron chi connectivity index (χ3n) is 3.56. The lowest BCUT2D eigenvalue weighted by Crippen LogP contribution is -2.37. The van der Waals surface area contributed by atoms with E-state index in [1.54, 1.807) is 18.3 Å². The summed E-state index contributed by atoms with van der Waals surface area (Å²) in [7, 11) is -2.66. The number of sulfonamides is 1. The molecule has 0 spiro atoms. The van der Waals surface area contributed by atoms with Gasteiger partial charge < -0.3 is 0 Å². The predicted molar refractivity (Wildman–Crippen MR) is 89.9 cm³/mol. The first-order valence-corrected chi connectivity index (χ1v) is 9.13. The summed E-state index contributed by atoms with van der Waals surface area (Å²) in [6.07, 6.45) is 2.08. The van der Waals surface area contributed by atoms with Crippen LogP contribution < -0.4 is 5.32 Å². The molecule has 9 heteroatoms. The van der Waals surface area contributed by atoms with Gasteiger partial charge in [-0.3, -0.25) is 19.2 Å². The zero-order valence-corrected chi connectivity index (χ0v) is 14.4. The van der Waals surface area contributed by atoms with E-state index in [0.29, 0.717) is 11.4 Å². The number of likely N-dealkylation sites (N-methyl/N-ethyl adjacent to an activating group) is 1. The number of carbonyl (C=O) groups is 2. The fourth-order valence-corrected chi connectivity index (χ4v) is 4.52. The lowest BCUT2D eigenvalue weighted by Gasteiger charge is -2.28. The molecule has 7 nitrogen and oxygen atoms in total. The monoisotopic (exact) mass is 363 g/mol. The molecule has 24 heavy (non-hydrogen) atoms. The first kappa shape index (κ1) is 16.3. The van der Waals surface area contributed by atoms with Gasteiger partial charge in [-0.2, -0.15) is 0 Å². The van der Waals surface area contributed by atoms with Gasteiger partial charge in [-0.05, 0) is 13.0 Å². The Labute approximate surface area is 142 Å². The van der Waals surface area contributed by atoms with E-state index < -0.39 is 15.9 Å². The van der Waals surface area contributed by atoms with Crippen LogP contribution in [-0.4, -0.2) is 36.9 Å². The van der Waals surface area contributed by atoms with Crippen molar-refractivity contribution in [2.45, 2.75) is 11.8 Å². The maximum Gasteiger partial charge on any atom is 0.275 e. The highest BCUT2D eigenvalue weighted by Crippen LogP contribution is 2.35. The number of aryl methyl sites for hydroxylation is 1. The van der Waals surface area contributed by atoms with Gasteiger partial charge >= 0.3 is 0 Å². The van der Waals surface area contributed by atoms with Crippen LogP contribution in [0, 0.1) is 6.92 Å². The number of nitrogens with zero attached hydrogens (tertiary/aromatic N) is 2. The van der Waals surface area contributed by atoms with Gasteiger partial charge in [0.15, 0.2) is 11.4 Å². The van der Waals surface area contributed by atoms with Crippen LogP contribution in [0.1, 0.15) is 10.4 Å². The van der Waals surface area contributed by atoms with Crippen LogP contribution in [0.4, 0.5) is 5.13 Å². The molecule has 0 saturated carbocycles. The number of benzene rings is 1. The average Bonchev–Trinajstić information content (AvgIpc) is 2.95. The zero-order valence-electron chi connectivity index (χ0n) is 12.8. The van der Waals surface area contributed by atoms with Gasteiger partial charge in [-0.1, -0.05) is 18.2 Å². The van der Waals surface area contributed by atoms with Gasteiger partial charge in [0.05, 0.1) is 10.5 Å². The van der Waals surface area contributed by atoms with Gasteiger partial charge in [0.1, 0.15) is 5.70 Å². The molecule has 1 aromatic heterocycles. The molecule has 1 amide bonds. The van der Waals surface area contributed by atoms with Crippen LogP contribution in [0.15, 0.2) is 41.1 Å². The fourth-order valence-electron chi connectivity index (χ4n) is 2.43. The van der Waals surface area contributed by atoms with Crippen LogP contribution in [-0.2, 0) is 19.6 Å². The molecule has 0 fully saturated rings. The summed E-state index contributed by atoms with van der Waals surface area (Å²) in [5.74, 6) is -0.702. The van der Waals surface area contributed by atoms with E-state index in [-0.39, 0.29) is 21.7 Å². The Balaban J connectivity index is 2.15. The number of allylic oxidation sites excluding steroid dienone is 1. The Morgan fingerprint density at radius 2 is 2.04 bits per heavy atom. The topological polar surface area (TPSA) is 96.4 Å². The van der Waals surface area contributed by atoms with Gasteiger partial charge in [0.25, 0.3) is 15.9 Å². The van der Waals surface area contributed by atoms with Crippen molar-refractivity contribution in [1.29, 1.82) is 0 Å². The lowest BCUT2D eigenvalue weighted by molar-refractivity contribution is -0.114. The number of fused-ring (bicyclic) bond motifs is 1. The van der Waals surface area contributed by atoms with E-state index in [1.807, 2.05) is 6.92 Å². The summed E-state index contributed by atoms with van der Waals surface area (Å²) in [4.78, 5) is 29.1. The van der Waals surface area contributed by atoms with E-state index in [1.165, 1.54) is 30.5 Å². The Bertz CT molecular complexity index is 976. The quantitative estimate of drug-likeness (QED) is 0.836. The minimum atomic E-state index is -3.91. The zero-order chi connectivity index (χ0) is 17.5. The summed E-state index contributed by atoms with van der Waals surface area (Å²) in [5, 5.41) is 2.87. The molecule has 124 valence electrons. The van der Waals surface area contributed by atoms with E-state index >= 15 is 0 Å². The molecule has 2 heterocycles. The lowest BCUT2D eigenvalue weighted by atomic mass is 10.0. The number of amides is 1. The van der Waals surface area contributed by atoms with Gasteiger partial charge in [-0.25, -0.2) is 13.4 Å². The number of aromatic nitrogens is 1. The molecular formula is C15H13N3O4S2. The summed E-state index contributed by atoms with van der Waals surface area (Å²) in [6, 6.07) is 6.09. The summed E-state index contributed by atoms with van der Waals surface area (Å²) in [5.41, 5.74) is 0.0105. The number of thiazole rings is 1. The fraction of sp³-hybridized carbons (Fsp3) is 0.133. The number of aldehydes is 1. The first-order valence-electron chi connectivity index (χ1n) is 6.88. The average molecular weight is 363 g/mol. The molecule has 2 aromatic rings. The molecule has 0 aliphatic carbocycles. The highest BCUT2D eigenvalue weighted by atomic mass is 32.2.